The minimum absolute atomic E-state index is 0.741. The zero-order valence-corrected chi connectivity index (χ0v) is 10.9. The third-order valence-electron chi connectivity index (χ3n) is 2.63. The van der Waals surface area contributed by atoms with Gasteiger partial charge in [0, 0.05) is 24.9 Å². The number of nitrogens with zero attached hydrogens (tertiary/aromatic N) is 3. The van der Waals surface area contributed by atoms with Gasteiger partial charge in [0.25, 0.3) is 0 Å². The van der Waals surface area contributed by atoms with Crippen molar-refractivity contribution in [3.63, 3.8) is 0 Å². The van der Waals surface area contributed by atoms with Crippen LogP contribution >= 0.6 is 11.3 Å². The standard InChI is InChI=1S/C11H17N5S/c1-3-16-11(10(12)8(2)15-16)13-5-4-9-6-17-7-14-9/h6-7,13H,3-5,12H2,1-2H3. The zero-order chi connectivity index (χ0) is 12.3. The largest absolute Gasteiger partial charge is 0.394 e. The number of hydrogen-bond donors (Lipinski definition) is 2. The minimum atomic E-state index is 0.741. The van der Waals surface area contributed by atoms with Crippen LogP contribution in [0.3, 0.4) is 0 Å². The summed E-state index contributed by atoms with van der Waals surface area (Å²) in [5.74, 6) is 0.917. The normalized spacial score (nSPS) is 10.7. The summed E-state index contributed by atoms with van der Waals surface area (Å²) in [5.41, 5.74) is 10.6. The summed E-state index contributed by atoms with van der Waals surface area (Å²) in [6.45, 7) is 5.61. The van der Waals surface area contributed by atoms with Crippen molar-refractivity contribution >= 4 is 22.8 Å². The Labute approximate surface area is 105 Å². The predicted molar refractivity (Wildman–Crippen MR) is 71.4 cm³/mol. The van der Waals surface area contributed by atoms with Crippen LogP contribution in [0.1, 0.15) is 18.3 Å². The molecule has 0 atom stereocenters. The number of aromatic nitrogens is 3. The van der Waals surface area contributed by atoms with E-state index in [1.165, 1.54) is 0 Å². The second-order valence-electron chi connectivity index (χ2n) is 3.82. The van der Waals surface area contributed by atoms with E-state index in [0.29, 0.717) is 0 Å². The Kier molecular flexibility index (Phi) is 3.63. The molecule has 0 aliphatic rings. The molecule has 6 heteroatoms. The quantitative estimate of drug-likeness (QED) is 0.851. The van der Waals surface area contributed by atoms with Crippen LogP contribution in [0.15, 0.2) is 10.9 Å². The summed E-state index contributed by atoms with van der Waals surface area (Å²) in [5, 5.41) is 9.75. The minimum Gasteiger partial charge on any atom is -0.394 e. The van der Waals surface area contributed by atoms with Gasteiger partial charge in [0.1, 0.15) is 5.82 Å². The van der Waals surface area contributed by atoms with E-state index < -0.39 is 0 Å². The van der Waals surface area contributed by atoms with Crippen molar-refractivity contribution in [1.29, 1.82) is 0 Å². The summed E-state index contributed by atoms with van der Waals surface area (Å²) in [7, 11) is 0. The fourth-order valence-corrected chi connectivity index (χ4v) is 2.27. The van der Waals surface area contributed by atoms with E-state index in [-0.39, 0.29) is 0 Å². The van der Waals surface area contributed by atoms with E-state index in [1.807, 2.05) is 17.1 Å². The van der Waals surface area contributed by atoms with Crippen molar-refractivity contribution in [2.24, 2.45) is 0 Å². The van der Waals surface area contributed by atoms with Crippen LogP contribution in [0, 0.1) is 6.92 Å². The topological polar surface area (TPSA) is 68.8 Å². The van der Waals surface area contributed by atoms with Crippen molar-refractivity contribution in [2.75, 3.05) is 17.6 Å². The van der Waals surface area contributed by atoms with Crippen molar-refractivity contribution in [3.05, 3.63) is 22.3 Å². The van der Waals surface area contributed by atoms with Gasteiger partial charge in [-0.2, -0.15) is 5.10 Å². The molecular formula is C11H17N5S. The number of nitrogens with two attached hydrogens (primary N) is 1. The highest BCUT2D eigenvalue weighted by Gasteiger charge is 2.10. The van der Waals surface area contributed by atoms with Gasteiger partial charge >= 0.3 is 0 Å². The van der Waals surface area contributed by atoms with E-state index in [1.54, 1.807) is 11.3 Å². The van der Waals surface area contributed by atoms with Crippen LogP contribution in [0.2, 0.25) is 0 Å². The molecule has 3 N–H and O–H groups in total. The molecule has 0 saturated carbocycles. The fourth-order valence-electron chi connectivity index (χ4n) is 1.68. The maximum Gasteiger partial charge on any atom is 0.148 e. The van der Waals surface area contributed by atoms with Gasteiger partial charge in [-0.25, -0.2) is 9.67 Å². The van der Waals surface area contributed by atoms with E-state index >= 15 is 0 Å². The first-order chi connectivity index (χ1) is 8.22. The highest BCUT2D eigenvalue weighted by molar-refractivity contribution is 7.07. The number of anilines is 2. The number of nitrogen functional groups attached to an aromatic ring is 1. The highest BCUT2D eigenvalue weighted by atomic mass is 32.1. The van der Waals surface area contributed by atoms with E-state index in [0.717, 1.165) is 42.4 Å². The van der Waals surface area contributed by atoms with Crippen molar-refractivity contribution in [1.82, 2.24) is 14.8 Å². The molecule has 92 valence electrons. The van der Waals surface area contributed by atoms with Gasteiger partial charge < -0.3 is 11.1 Å². The maximum atomic E-state index is 5.98. The van der Waals surface area contributed by atoms with Gasteiger partial charge in [-0.3, -0.25) is 0 Å². The lowest BCUT2D eigenvalue weighted by Gasteiger charge is -2.08. The molecule has 17 heavy (non-hydrogen) atoms. The number of nitrogens with one attached hydrogen (secondary N) is 1. The molecular weight excluding hydrogens is 234 g/mol. The van der Waals surface area contributed by atoms with Gasteiger partial charge in [-0.05, 0) is 13.8 Å². The van der Waals surface area contributed by atoms with E-state index in [4.69, 9.17) is 5.73 Å². The summed E-state index contributed by atoms with van der Waals surface area (Å²) < 4.78 is 1.89. The molecule has 2 heterocycles. The first-order valence-corrected chi connectivity index (χ1v) is 6.60. The lowest BCUT2D eigenvalue weighted by atomic mass is 10.3. The predicted octanol–water partition coefficient (Wildman–Crippen LogP) is 1.90. The molecule has 2 aromatic heterocycles. The molecule has 0 aliphatic heterocycles. The van der Waals surface area contributed by atoms with Gasteiger partial charge in [-0.15, -0.1) is 11.3 Å². The summed E-state index contributed by atoms with van der Waals surface area (Å²) in [6.07, 6.45) is 0.900. The molecule has 0 amide bonds. The summed E-state index contributed by atoms with van der Waals surface area (Å²) in [6, 6.07) is 0. The molecule has 0 saturated heterocycles. The highest BCUT2D eigenvalue weighted by Crippen LogP contribution is 2.21. The Morgan fingerprint density at radius 1 is 1.53 bits per heavy atom. The molecule has 0 radical (unpaired) electrons. The molecule has 0 bridgehead atoms. The molecule has 5 nitrogen and oxygen atoms in total. The lowest BCUT2D eigenvalue weighted by molar-refractivity contribution is 0.657. The zero-order valence-electron chi connectivity index (χ0n) is 10.1. The van der Waals surface area contributed by atoms with Gasteiger partial charge in [0.15, 0.2) is 0 Å². The van der Waals surface area contributed by atoms with Crippen LogP contribution in [0.5, 0.6) is 0 Å². The molecule has 0 unspecified atom stereocenters. The Morgan fingerprint density at radius 2 is 2.35 bits per heavy atom. The Hall–Kier alpha value is -1.56. The first kappa shape index (κ1) is 11.9. The molecule has 0 fully saturated rings. The van der Waals surface area contributed by atoms with Gasteiger partial charge in [-0.1, -0.05) is 0 Å². The van der Waals surface area contributed by atoms with Crippen molar-refractivity contribution in [2.45, 2.75) is 26.8 Å². The van der Waals surface area contributed by atoms with Gasteiger partial charge in [0.2, 0.25) is 0 Å². The SMILES string of the molecule is CCn1nc(C)c(N)c1NCCc1cscn1. The number of rotatable bonds is 5. The van der Waals surface area contributed by atoms with Crippen molar-refractivity contribution < 1.29 is 0 Å². The summed E-state index contributed by atoms with van der Waals surface area (Å²) >= 11 is 1.62. The van der Waals surface area contributed by atoms with Crippen LogP contribution in [-0.2, 0) is 13.0 Å². The molecule has 0 aliphatic carbocycles. The molecule has 0 spiro atoms. The Morgan fingerprint density at radius 3 is 3.00 bits per heavy atom. The van der Waals surface area contributed by atoms with E-state index in [2.05, 4.69) is 27.7 Å². The molecule has 0 aromatic carbocycles. The number of hydrogen-bond acceptors (Lipinski definition) is 5. The third-order valence-corrected chi connectivity index (χ3v) is 3.27. The van der Waals surface area contributed by atoms with Crippen LogP contribution in [0.25, 0.3) is 0 Å². The second-order valence-corrected chi connectivity index (χ2v) is 4.54. The summed E-state index contributed by atoms with van der Waals surface area (Å²) in [4.78, 5) is 4.24. The van der Waals surface area contributed by atoms with Crippen LogP contribution in [-0.4, -0.2) is 21.3 Å². The lowest BCUT2D eigenvalue weighted by Crippen LogP contribution is -2.11. The van der Waals surface area contributed by atoms with Gasteiger partial charge in [0.05, 0.1) is 22.6 Å². The second kappa shape index (κ2) is 5.18. The Balaban J connectivity index is 1.98. The average Bonchev–Trinajstić information content (AvgIpc) is 2.92. The average molecular weight is 251 g/mol. The molecule has 2 rings (SSSR count). The third kappa shape index (κ3) is 2.58. The fraction of sp³-hybridized carbons (Fsp3) is 0.455. The number of thiazole rings is 1. The monoisotopic (exact) mass is 251 g/mol. The van der Waals surface area contributed by atoms with E-state index in [9.17, 15) is 0 Å². The molecule has 2 aromatic rings. The maximum absolute atomic E-state index is 5.98. The van der Waals surface area contributed by atoms with Crippen molar-refractivity contribution in [3.8, 4) is 0 Å². The number of aryl methyl sites for hydroxylation is 2. The van der Waals surface area contributed by atoms with Crippen LogP contribution in [0.4, 0.5) is 11.5 Å². The first-order valence-electron chi connectivity index (χ1n) is 5.66. The van der Waals surface area contributed by atoms with Crippen LogP contribution < -0.4 is 11.1 Å². The Bertz CT molecular complexity index is 474. The smallest absolute Gasteiger partial charge is 0.148 e.